The Kier molecular flexibility index (Phi) is 8.64. The van der Waals surface area contributed by atoms with E-state index in [0.29, 0.717) is 18.3 Å². The zero-order chi connectivity index (χ0) is 19.5. The predicted octanol–water partition coefficient (Wildman–Crippen LogP) is 2.83. The van der Waals surface area contributed by atoms with Crippen molar-refractivity contribution in [2.45, 2.75) is 45.7 Å². The van der Waals surface area contributed by atoms with Crippen molar-refractivity contribution in [3.8, 4) is 0 Å². The van der Waals surface area contributed by atoms with Gasteiger partial charge in [0.25, 0.3) is 5.91 Å². The third-order valence-corrected chi connectivity index (χ3v) is 5.49. The second kappa shape index (κ2) is 10.7. The molecule has 0 bridgehead atoms. The van der Waals surface area contributed by atoms with E-state index in [1.165, 1.54) is 0 Å². The van der Waals surface area contributed by atoms with E-state index in [0.717, 1.165) is 61.4 Å². The topological polar surface area (TPSA) is 89.7 Å². The normalized spacial score (nSPS) is 14.2. The molecule has 3 heterocycles. The minimum atomic E-state index is -0.148. The van der Waals surface area contributed by atoms with E-state index in [-0.39, 0.29) is 30.7 Å². The number of fused-ring (bicyclic) bond motifs is 1. The van der Waals surface area contributed by atoms with Gasteiger partial charge >= 0.3 is 0 Å². The number of nitrogens with zero attached hydrogens (tertiary/aromatic N) is 5. The number of halogens is 2. The number of benzene rings is 1. The number of para-hydroxylation sites is 2. The van der Waals surface area contributed by atoms with Crippen LogP contribution in [0, 0.1) is 13.8 Å². The number of hydrogen-bond donors (Lipinski definition) is 2. The molecule has 0 unspecified atom stereocenters. The first-order chi connectivity index (χ1) is 13.6. The third kappa shape index (κ3) is 4.94. The van der Waals surface area contributed by atoms with Crippen molar-refractivity contribution in [3.05, 3.63) is 41.5 Å². The quantitative estimate of drug-likeness (QED) is 0.560. The highest BCUT2D eigenvalue weighted by molar-refractivity contribution is 5.93. The van der Waals surface area contributed by atoms with Gasteiger partial charge in [0.05, 0.1) is 22.8 Å². The van der Waals surface area contributed by atoms with Crippen LogP contribution in [0.25, 0.3) is 11.0 Å². The number of aromatic nitrogens is 5. The molecule has 164 valence electrons. The fourth-order valence-corrected chi connectivity index (χ4v) is 3.95. The molecule has 30 heavy (non-hydrogen) atoms. The molecule has 0 aliphatic carbocycles. The Labute approximate surface area is 188 Å². The number of rotatable bonds is 6. The van der Waals surface area contributed by atoms with Gasteiger partial charge in [0, 0.05) is 13.1 Å². The SMILES string of the molecule is Cc1c(C(=O)NCCCn2c(C)nc3ccccc32)nnn1C1CCNCC1.Cl.Cl. The molecular formula is C20H29Cl2N7O. The Bertz CT molecular complexity index is 979. The molecule has 1 aliphatic heterocycles. The summed E-state index contributed by atoms with van der Waals surface area (Å²) in [6.07, 6.45) is 2.86. The summed E-state index contributed by atoms with van der Waals surface area (Å²) in [4.78, 5) is 17.1. The van der Waals surface area contributed by atoms with Gasteiger partial charge in [0.15, 0.2) is 5.69 Å². The molecule has 0 spiro atoms. The molecule has 2 N–H and O–H groups in total. The summed E-state index contributed by atoms with van der Waals surface area (Å²) in [5.41, 5.74) is 3.42. The van der Waals surface area contributed by atoms with E-state index in [1.807, 2.05) is 36.7 Å². The summed E-state index contributed by atoms with van der Waals surface area (Å²) in [7, 11) is 0. The molecular weight excluding hydrogens is 425 g/mol. The molecule has 1 aliphatic rings. The van der Waals surface area contributed by atoms with E-state index in [9.17, 15) is 4.79 Å². The van der Waals surface area contributed by atoms with Gasteiger partial charge in [-0.05, 0) is 58.3 Å². The Hall–Kier alpha value is -2.16. The first-order valence-electron chi connectivity index (χ1n) is 9.97. The van der Waals surface area contributed by atoms with Crippen molar-refractivity contribution >= 4 is 41.8 Å². The molecule has 4 rings (SSSR count). The van der Waals surface area contributed by atoms with Crippen molar-refractivity contribution in [2.75, 3.05) is 19.6 Å². The van der Waals surface area contributed by atoms with Gasteiger partial charge in [0.1, 0.15) is 5.82 Å². The van der Waals surface area contributed by atoms with Gasteiger partial charge in [-0.2, -0.15) is 0 Å². The summed E-state index contributed by atoms with van der Waals surface area (Å²) in [6.45, 7) is 7.30. The fraction of sp³-hybridized carbons (Fsp3) is 0.500. The summed E-state index contributed by atoms with van der Waals surface area (Å²) < 4.78 is 4.11. The maximum atomic E-state index is 12.5. The molecule has 1 amide bonds. The van der Waals surface area contributed by atoms with Crippen molar-refractivity contribution in [1.29, 1.82) is 0 Å². The Morgan fingerprint density at radius 2 is 1.93 bits per heavy atom. The smallest absolute Gasteiger partial charge is 0.273 e. The molecule has 10 heteroatoms. The monoisotopic (exact) mass is 453 g/mol. The van der Waals surface area contributed by atoms with Crippen molar-refractivity contribution < 1.29 is 4.79 Å². The number of piperidine rings is 1. The average molecular weight is 454 g/mol. The molecule has 1 fully saturated rings. The van der Waals surface area contributed by atoms with E-state index < -0.39 is 0 Å². The lowest BCUT2D eigenvalue weighted by molar-refractivity contribution is 0.0947. The fourth-order valence-electron chi connectivity index (χ4n) is 3.95. The molecule has 8 nitrogen and oxygen atoms in total. The number of imidazole rings is 1. The van der Waals surface area contributed by atoms with Crippen LogP contribution in [0.1, 0.15) is 47.3 Å². The lowest BCUT2D eigenvalue weighted by Gasteiger charge is -2.23. The van der Waals surface area contributed by atoms with Gasteiger partial charge in [-0.15, -0.1) is 29.9 Å². The molecule has 1 aromatic carbocycles. The van der Waals surface area contributed by atoms with Gasteiger partial charge in [-0.25, -0.2) is 9.67 Å². The van der Waals surface area contributed by atoms with E-state index in [1.54, 1.807) is 0 Å². The lowest BCUT2D eigenvalue weighted by Crippen LogP contribution is -2.30. The van der Waals surface area contributed by atoms with Gasteiger partial charge < -0.3 is 15.2 Å². The molecule has 2 aromatic heterocycles. The maximum absolute atomic E-state index is 12.5. The zero-order valence-electron chi connectivity index (χ0n) is 17.3. The van der Waals surface area contributed by atoms with E-state index >= 15 is 0 Å². The summed E-state index contributed by atoms with van der Waals surface area (Å²) in [5, 5.41) is 14.7. The largest absolute Gasteiger partial charge is 0.351 e. The first-order valence-corrected chi connectivity index (χ1v) is 9.97. The van der Waals surface area contributed by atoms with Crippen LogP contribution in [0.5, 0.6) is 0 Å². The van der Waals surface area contributed by atoms with Gasteiger partial charge in [-0.3, -0.25) is 4.79 Å². The predicted molar refractivity (Wildman–Crippen MR) is 122 cm³/mol. The highest BCUT2D eigenvalue weighted by atomic mass is 35.5. The number of amides is 1. The highest BCUT2D eigenvalue weighted by Crippen LogP contribution is 2.20. The minimum absolute atomic E-state index is 0. The number of carbonyl (C=O) groups is 1. The zero-order valence-corrected chi connectivity index (χ0v) is 18.9. The number of hydrogen-bond acceptors (Lipinski definition) is 5. The van der Waals surface area contributed by atoms with Crippen LogP contribution in [0.3, 0.4) is 0 Å². The third-order valence-electron chi connectivity index (χ3n) is 5.49. The number of nitrogens with one attached hydrogen (secondary N) is 2. The molecule has 0 atom stereocenters. The van der Waals surface area contributed by atoms with Crippen LogP contribution in [0.4, 0.5) is 0 Å². The van der Waals surface area contributed by atoms with Crippen molar-refractivity contribution in [2.24, 2.45) is 0 Å². The standard InChI is InChI=1S/C20H27N7O.2ClH/c1-14-19(24-25-27(14)16-8-11-21-12-9-16)20(28)22-10-5-13-26-15(2)23-17-6-3-4-7-18(17)26;;/h3-4,6-7,16,21H,5,8-13H2,1-2H3,(H,22,28);2*1H. The molecule has 0 saturated carbocycles. The Morgan fingerprint density at radius 3 is 2.70 bits per heavy atom. The van der Waals surface area contributed by atoms with Crippen molar-refractivity contribution in [1.82, 2.24) is 35.2 Å². The second-order valence-corrected chi connectivity index (χ2v) is 7.36. The van der Waals surface area contributed by atoms with Gasteiger partial charge in [0.2, 0.25) is 0 Å². The maximum Gasteiger partial charge on any atom is 0.273 e. The average Bonchev–Trinajstić information content (AvgIpc) is 3.25. The summed E-state index contributed by atoms with van der Waals surface area (Å²) >= 11 is 0. The molecule has 3 aromatic rings. The lowest BCUT2D eigenvalue weighted by atomic mass is 10.1. The Balaban J connectivity index is 0.00000160. The summed E-state index contributed by atoms with van der Waals surface area (Å²) in [5.74, 6) is 0.846. The first kappa shape index (κ1) is 24.1. The van der Waals surface area contributed by atoms with Crippen LogP contribution >= 0.6 is 24.8 Å². The summed E-state index contributed by atoms with van der Waals surface area (Å²) in [6, 6.07) is 8.45. The van der Waals surface area contributed by atoms with Crippen LogP contribution < -0.4 is 10.6 Å². The second-order valence-electron chi connectivity index (χ2n) is 7.36. The van der Waals surface area contributed by atoms with E-state index in [2.05, 4.69) is 36.6 Å². The van der Waals surface area contributed by atoms with Crippen LogP contribution in [0.15, 0.2) is 24.3 Å². The Morgan fingerprint density at radius 1 is 1.20 bits per heavy atom. The minimum Gasteiger partial charge on any atom is -0.351 e. The van der Waals surface area contributed by atoms with Crippen LogP contribution in [-0.2, 0) is 6.54 Å². The van der Waals surface area contributed by atoms with Crippen molar-refractivity contribution in [3.63, 3.8) is 0 Å². The van der Waals surface area contributed by atoms with Gasteiger partial charge in [-0.1, -0.05) is 17.3 Å². The van der Waals surface area contributed by atoms with Crippen LogP contribution in [0.2, 0.25) is 0 Å². The number of carbonyl (C=O) groups excluding carboxylic acids is 1. The van der Waals surface area contributed by atoms with Crippen LogP contribution in [-0.4, -0.2) is 50.1 Å². The number of aryl methyl sites for hydroxylation is 2. The molecule has 1 saturated heterocycles. The van der Waals surface area contributed by atoms with E-state index in [4.69, 9.17) is 0 Å². The molecule has 0 radical (unpaired) electrons. The highest BCUT2D eigenvalue weighted by Gasteiger charge is 2.22.